The fourth-order valence-electron chi connectivity index (χ4n) is 1.40. The molecule has 1 aliphatic heterocycles. The van der Waals surface area contributed by atoms with Gasteiger partial charge in [-0.1, -0.05) is 18.7 Å². The maximum absolute atomic E-state index is 11.4. The highest BCUT2D eigenvalue weighted by Crippen LogP contribution is 2.46. The van der Waals surface area contributed by atoms with Crippen LogP contribution in [0.15, 0.2) is 11.1 Å². The van der Waals surface area contributed by atoms with Gasteiger partial charge in [-0.25, -0.2) is 0 Å². The summed E-state index contributed by atoms with van der Waals surface area (Å²) >= 11 is 1.63. The van der Waals surface area contributed by atoms with Gasteiger partial charge in [0, 0.05) is 17.5 Å². The van der Waals surface area contributed by atoms with Crippen molar-refractivity contribution in [3.63, 3.8) is 0 Å². The van der Waals surface area contributed by atoms with E-state index >= 15 is 0 Å². The van der Waals surface area contributed by atoms with Gasteiger partial charge in [-0.2, -0.15) is 0 Å². The van der Waals surface area contributed by atoms with Crippen LogP contribution in [0, 0.1) is 5.92 Å². The van der Waals surface area contributed by atoms with Gasteiger partial charge in [0.05, 0.1) is 0 Å². The molecule has 1 amide bonds. The van der Waals surface area contributed by atoms with E-state index in [1.165, 1.54) is 17.7 Å². The Labute approximate surface area is 82.3 Å². The fraction of sp³-hybridized carbons (Fsp3) is 0.667. The smallest absolute Gasteiger partial charge is 0.228 e. The van der Waals surface area contributed by atoms with Crippen molar-refractivity contribution in [3.8, 4) is 0 Å². The minimum Gasteiger partial charge on any atom is -0.302 e. The molecule has 1 heterocycles. The van der Waals surface area contributed by atoms with E-state index in [4.69, 9.17) is 5.73 Å². The van der Waals surface area contributed by atoms with Crippen molar-refractivity contribution < 1.29 is 4.79 Å². The third-order valence-electron chi connectivity index (χ3n) is 2.37. The Morgan fingerprint density at radius 3 is 3.00 bits per heavy atom. The van der Waals surface area contributed by atoms with Crippen LogP contribution in [0.2, 0.25) is 0 Å². The van der Waals surface area contributed by atoms with Crippen molar-refractivity contribution in [2.45, 2.75) is 31.7 Å². The number of carbonyl (C=O) groups is 1. The summed E-state index contributed by atoms with van der Waals surface area (Å²) in [7, 11) is 0. The van der Waals surface area contributed by atoms with E-state index in [9.17, 15) is 4.79 Å². The monoisotopic (exact) mass is 198 g/mol. The Hall–Kier alpha value is -0.480. The fourth-order valence-corrected chi connectivity index (χ4v) is 2.58. The summed E-state index contributed by atoms with van der Waals surface area (Å²) in [5, 5.41) is 0. The van der Waals surface area contributed by atoms with Crippen LogP contribution in [0.4, 0.5) is 0 Å². The normalized spacial score (nSPS) is 27.7. The SMILES string of the molecule is CCC(=O)N1C=C(C2CC2)SC1N. The molecule has 2 aliphatic rings. The molecule has 2 N–H and O–H groups in total. The summed E-state index contributed by atoms with van der Waals surface area (Å²) in [6, 6.07) is 0. The largest absolute Gasteiger partial charge is 0.302 e. The molecule has 1 saturated carbocycles. The zero-order valence-corrected chi connectivity index (χ0v) is 8.51. The second-order valence-corrected chi connectivity index (χ2v) is 4.66. The molecule has 72 valence electrons. The Balaban J connectivity index is 2.06. The zero-order valence-electron chi connectivity index (χ0n) is 7.69. The molecule has 0 aromatic carbocycles. The minimum atomic E-state index is -0.178. The van der Waals surface area contributed by atoms with E-state index in [1.807, 2.05) is 13.1 Å². The lowest BCUT2D eigenvalue weighted by Crippen LogP contribution is -2.36. The van der Waals surface area contributed by atoms with Crippen molar-refractivity contribution in [1.29, 1.82) is 0 Å². The van der Waals surface area contributed by atoms with Gasteiger partial charge in [0.1, 0.15) is 5.50 Å². The average Bonchev–Trinajstić information content (AvgIpc) is 2.89. The molecular formula is C9H14N2OS. The Kier molecular flexibility index (Phi) is 2.34. The van der Waals surface area contributed by atoms with Gasteiger partial charge in [-0.05, 0) is 18.8 Å². The lowest BCUT2D eigenvalue weighted by molar-refractivity contribution is -0.128. The average molecular weight is 198 g/mol. The van der Waals surface area contributed by atoms with Crippen LogP contribution in [0.25, 0.3) is 0 Å². The summed E-state index contributed by atoms with van der Waals surface area (Å²) in [6.07, 6.45) is 5.00. The lowest BCUT2D eigenvalue weighted by Gasteiger charge is -2.17. The first-order valence-electron chi connectivity index (χ1n) is 4.67. The Morgan fingerprint density at radius 2 is 2.46 bits per heavy atom. The number of hydrogen-bond donors (Lipinski definition) is 1. The van der Waals surface area contributed by atoms with Crippen LogP contribution in [0.1, 0.15) is 26.2 Å². The molecule has 1 fully saturated rings. The van der Waals surface area contributed by atoms with Crippen molar-refractivity contribution in [2.75, 3.05) is 0 Å². The van der Waals surface area contributed by atoms with E-state index < -0.39 is 0 Å². The number of carbonyl (C=O) groups excluding carboxylic acids is 1. The molecule has 0 saturated heterocycles. The van der Waals surface area contributed by atoms with Crippen LogP contribution >= 0.6 is 11.8 Å². The Morgan fingerprint density at radius 1 is 1.77 bits per heavy atom. The topological polar surface area (TPSA) is 46.3 Å². The molecule has 4 heteroatoms. The molecule has 0 aromatic heterocycles. The van der Waals surface area contributed by atoms with Crippen molar-refractivity contribution >= 4 is 17.7 Å². The molecule has 13 heavy (non-hydrogen) atoms. The summed E-state index contributed by atoms with van der Waals surface area (Å²) < 4.78 is 0. The van der Waals surface area contributed by atoms with Gasteiger partial charge in [0.25, 0.3) is 0 Å². The van der Waals surface area contributed by atoms with Crippen LogP contribution in [0.5, 0.6) is 0 Å². The van der Waals surface area contributed by atoms with Gasteiger partial charge in [-0.15, -0.1) is 0 Å². The van der Waals surface area contributed by atoms with Crippen molar-refractivity contribution in [2.24, 2.45) is 11.7 Å². The quantitative estimate of drug-likeness (QED) is 0.730. The number of rotatable bonds is 2. The van der Waals surface area contributed by atoms with E-state index in [1.54, 1.807) is 16.7 Å². The van der Waals surface area contributed by atoms with E-state index in [2.05, 4.69) is 0 Å². The van der Waals surface area contributed by atoms with Crippen molar-refractivity contribution in [3.05, 3.63) is 11.1 Å². The second kappa shape index (κ2) is 3.35. The molecule has 1 unspecified atom stereocenters. The molecule has 1 aliphatic carbocycles. The first-order chi connectivity index (χ1) is 6.22. The number of nitrogens with two attached hydrogens (primary N) is 1. The molecule has 0 bridgehead atoms. The molecule has 0 aromatic rings. The number of allylic oxidation sites excluding steroid dienone is 1. The van der Waals surface area contributed by atoms with Gasteiger partial charge in [-0.3, -0.25) is 9.69 Å². The molecule has 2 rings (SSSR count). The maximum Gasteiger partial charge on any atom is 0.228 e. The molecule has 0 radical (unpaired) electrons. The molecule has 3 nitrogen and oxygen atoms in total. The van der Waals surface area contributed by atoms with Crippen molar-refractivity contribution in [1.82, 2.24) is 4.90 Å². The number of thioether (sulfide) groups is 1. The first kappa shape index (κ1) is 9.09. The van der Waals surface area contributed by atoms with Crippen LogP contribution in [-0.4, -0.2) is 16.3 Å². The maximum atomic E-state index is 11.4. The summed E-state index contributed by atoms with van der Waals surface area (Å²) in [5.41, 5.74) is 5.65. The summed E-state index contributed by atoms with van der Waals surface area (Å²) in [6.45, 7) is 1.86. The first-order valence-corrected chi connectivity index (χ1v) is 5.55. The predicted octanol–water partition coefficient (Wildman–Crippen LogP) is 1.47. The minimum absolute atomic E-state index is 0.121. The molecule has 0 spiro atoms. The predicted molar refractivity (Wildman–Crippen MR) is 53.5 cm³/mol. The highest BCUT2D eigenvalue weighted by Gasteiger charge is 2.34. The van der Waals surface area contributed by atoms with Crippen LogP contribution < -0.4 is 5.73 Å². The van der Waals surface area contributed by atoms with E-state index in [-0.39, 0.29) is 11.4 Å². The summed E-state index contributed by atoms with van der Waals surface area (Å²) in [5.74, 6) is 0.821. The Bertz CT molecular complexity index is 260. The van der Waals surface area contributed by atoms with Gasteiger partial charge in [0.15, 0.2) is 0 Å². The van der Waals surface area contributed by atoms with Gasteiger partial charge >= 0.3 is 0 Å². The number of amides is 1. The van der Waals surface area contributed by atoms with E-state index in [0.717, 1.165) is 0 Å². The van der Waals surface area contributed by atoms with Crippen LogP contribution in [-0.2, 0) is 4.79 Å². The zero-order chi connectivity index (χ0) is 9.42. The second-order valence-electron chi connectivity index (χ2n) is 3.47. The lowest BCUT2D eigenvalue weighted by atomic mass is 10.4. The van der Waals surface area contributed by atoms with E-state index in [0.29, 0.717) is 12.3 Å². The summed E-state index contributed by atoms with van der Waals surface area (Å²) in [4.78, 5) is 14.4. The highest BCUT2D eigenvalue weighted by atomic mass is 32.2. The van der Waals surface area contributed by atoms with Gasteiger partial charge in [0.2, 0.25) is 5.91 Å². The third kappa shape index (κ3) is 1.74. The standard InChI is InChI=1S/C9H14N2OS/c1-2-8(12)11-5-7(6-3-4-6)13-9(11)10/h5-6,9H,2-4,10H2,1H3. The van der Waals surface area contributed by atoms with Gasteiger partial charge < -0.3 is 5.73 Å². The molecular weight excluding hydrogens is 184 g/mol. The molecule has 1 atom stereocenters. The number of nitrogens with zero attached hydrogens (tertiary/aromatic N) is 1. The third-order valence-corrected chi connectivity index (χ3v) is 3.55. The van der Waals surface area contributed by atoms with Crippen LogP contribution in [0.3, 0.4) is 0 Å². The highest BCUT2D eigenvalue weighted by molar-refractivity contribution is 8.03. The number of hydrogen-bond acceptors (Lipinski definition) is 3.